The van der Waals surface area contributed by atoms with Crippen molar-refractivity contribution in [2.45, 2.75) is 39.3 Å². The molecule has 1 N–H and O–H groups in total. The molecule has 20 heavy (non-hydrogen) atoms. The van der Waals surface area contributed by atoms with Crippen molar-refractivity contribution in [1.29, 1.82) is 0 Å². The average molecular weight is 282 g/mol. The van der Waals surface area contributed by atoms with Gasteiger partial charge in [0.25, 0.3) is 0 Å². The van der Waals surface area contributed by atoms with Gasteiger partial charge in [-0.1, -0.05) is 6.92 Å². The highest BCUT2D eigenvalue weighted by Crippen LogP contribution is 2.27. The lowest BCUT2D eigenvalue weighted by Crippen LogP contribution is -2.43. The summed E-state index contributed by atoms with van der Waals surface area (Å²) in [6.07, 6.45) is 0. The van der Waals surface area contributed by atoms with Crippen LogP contribution < -0.4 is 10.1 Å². The standard InChI is InChI=1S/C16H27FN2O/c1-7-18-12(2)14-10-13(17)8-9-15(14)20-11-16(3,4)19(5)6/h8-10,12,18H,7,11H2,1-6H3. The predicted octanol–water partition coefficient (Wildman–Crippen LogP) is 3.22. The molecule has 0 aliphatic heterocycles. The highest BCUT2D eigenvalue weighted by atomic mass is 19.1. The molecule has 0 amide bonds. The molecular formula is C16H27FN2O. The van der Waals surface area contributed by atoms with Crippen molar-refractivity contribution < 1.29 is 9.13 Å². The maximum absolute atomic E-state index is 13.5. The van der Waals surface area contributed by atoms with E-state index in [-0.39, 0.29) is 17.4 Å². The number of rotatable bonds is 7. The van der Waals surface area contributed by atoms with Gasteiger partial charge in [0, 0.05) is 17.1 Å². The summed E-state index contributed by atoms with van der Waals surface area (Å²) in [5, 5.41) is 3.29. The third-order valence-electron chi connectivity index (χ3n) is 3.74. The van der Waals surface area contributed by atoms with Crippen LogP contribution in [0.1, 0.15) is 39.3 Å². The molecule has 4 heteroatoms. The first-order valence-corrected chi connectivity index (χ1v) is 7.11. The topological polar surface area (TPSA) is 24.5 Å². The van der Waals surface area contributed by atoms with Crippen molar-refractivity contribution in [3.05, 3.63) is 29.6 Å². The minimum absolute atomic E-state index is 0.0631. The molecule has 114 valence electrons. The Hall–Kier alpha value is -1.13. The summed E-state index contributed by atoms with van der Waals surface area (Å²) in [5.74, 6) is 0.513. The van der Waals surface area contributed by atoms with Crippen molar-refractivity contribution in [3.63, 3.8) is 0 Å². The molecule has 0 radical (unpaired) electrons. The summed E-state index contributed by atoms with van der Waals surface area (Å²) in [6.45, 7) is 9.67. The molecule has 3 nitrogen and oxygen atoms in total. The summed E-state index contributed by atoms with van der Waals surface area (Å²) in [5.41, 5.74) is 0.786. The minimum atomic E-state index is -0.232. The van der Waals surface area contributed by atoms with E-state index in [9.17, 15) is 4.39 Å². The van der Waals surface area contributed by atoms with Gasteiger partial charge in [0.1, 0.15) is 18.2 Å². The van der Waals surface area contributed by atoms with Gasteiger partial charge < -0.3 is 15.0 Å². The van der Waals surface area contributed by atoms with E-state index in [1.807, 2.05) is 27.9 Å². The van der Waals surface area contributed by atoms with Gasteiger partial charge in [-0.05, 0) is 59.6 Å². The smallest absolute Gasteiger partial charge is 0.124 e. The Balaban J connectivity index is 2.89. The largest absolute Gasteiger partial charge is 0.491 e. The van der Waals surface area contributed by atoms with E-state index in [1.54, 1.807) is 12.1 Å². The van der Waals surface area contributed by atoms with Crippen LogP contribution in [0.5, 0.6) is 5.75 Å². The number of likely N-dealkylation sites (N-methyl/N-ethyl adjacent to an activating group) is 1. The Morgan fingerprint density at radius 2 is 2.00 bits per heavy atom. The first-order chi connectivity index (χ1) is 9.27. The highest BCUT2D eigenvalue weighted by molar-refractivity contribution is 5.36. The van der Waals surface area contributed by atoms with E-state index in [0.29, 0.717) is 6.61 Å². The third-order valence-corrected chi connectivity index (χ3v) is 3.74. The quantitative estimate of drug-likeness (QED) is 0.831. The molecule has 0 aromatic heterocycles. The van der Waals surface area contributed by atoms with Gasteiger partial charge in [-0.3, -0.25) is 0 Å². The third kappa shape index (κ3) is 4.46. The van der Waals surface area contributed by atoms with Gasteiger partial charge in [-0.2, -0.15) is 0 Å². The summed E-state index contributed by atoms with van der Waals surface area (Å²) in [4.78, 5) is 2.11. The van der Waals surface area contributed by atoms with Gasteiger partial charge >= 0.3 is 0 Å². The van der Waals surface area contributed by atoms with Gasteiger partial charge in [0.15, 0.2) is 0 Å². The zero-order chi connectivity index (χ0) is 15.3. The molecule has 1 aromatic carbocycles. The van der Waals surface area contributed by atoms with Crippen LogP contribution in [0.4, 0.5) is 4.39 Å². The second-order valence-electron chi connectivity index (χ2n) is 5.96. The monoisotopic (exact) mass is 282 g/mol. The van der Waals surface area contributed by atoms with Crippen LogP contribution in [0.25, 0.3) is 0 Å². The van der Waals surface area contributed by atoms with Gasteiger partial charge in [-0.25, -0.2) is 4.39 Å². The fraction of sp³-hybridized carbons (Fsp3) is 0.625. The molecule has 1 unspecified atom stereocenters. The molecule has 0 heterocycles. The van der Waals surface area contributed by atoms with Crippen molar-refractivity contribution in [2.75, 3.05) is 27.2 Å². The molecule has 0 fully saturated rings. The number of nitrogens with zero attached hydrogens (tertiary/aromatic N) is 1. The van der Waals surface area contributed by atoms with E-state index in [1.165, 1.54) is 6.07 Å². The van der Waals surface area contributed by atoms with Gasteiger partial charge in [0.2, 0.25) is 0 Å². The minimum Gasteiger partial charge on any atom is -0.491 e. The second-order valence-corrected chi connectivity index (χ2v) is 5.96. The molecule has 1 aromatic rings. The van der Waals surface area contributed by atoms with Crippen LogP contribution >= 0.6 is 0 Å². The van der Waals surface area contributed by atoms with E-state index < -0.39 is 0 Å². The SMILES string of the molecule is CCNC(C)c1cc(F)ccc1OCC(C)(C)N(C)C. The number of halogens is 1. The lowest BCUT2D eigenvalue weighted by atomic mass is 10.0. The average Bonchev–Trinajstić information content (AvgIpc) is 2.37. The van der Waals surface area contributed by atoms with E-state index >= 15 is 0 Å². The van der Waals surface area contributed by atoms with Crippen molar-refractivity contribution in [2.24, 2.45) is 0 Å². The lowest BCUT2D eigenvalue weighted by molar-refractivity contribution is 0.113. The fourth-order valence-corrected chi connectivity index (χ4v) is 1.79. The molecule has 0 bridgehead atoms. The predicted molar refractivity (Wildman–Crippen MR) is 81.8 cm³/mol. The Morgan fingerprint density at radius 3 is 2.55 bits per heavy atom. The van der Waals surface area contributed by atoms with E-state index in [2.05, 4.69) is 24.1 Å². The maximum atomic E-state index is 13.5. The van der Waals surface area contributed by atoms with Gasteiger partial charge in [-0.15, -0.1) is 0 Å². The van der Waals surface area contributed by atoms with Crippen molar-refractivity contribution >= 4 is 0 Å². The summed E-state index contributed by atoms with van der Waals surface area (Å²) in [6, 6.07) is 4.77. The van der Waals surface area contributed by atoms with Crippen LogP contribution in [0.2, 0.25) is 0 Å². The number of ether oxygens (including phenoxy) is 1. The second kappa shape index (κ2) is 7.04. The molecule has 0 aliphatic carbocycles. The Bertz CT molecular complexity index is 432. The van der Waals surface area contributed by atoms with Crippen molar-refractivity contribution in [3.8, 4) is 5.75 Å². The van der Waals surface area contributed by atoms with Gasteiger partial charge in [0.05, 0.1) is 0 Å². The first-order valence-electron chi connectivity index (χ1n) is 7.11. The summed E-state index contributed by atoms with van der Waals surface area (Å²) >= 11 is 0. The zero-order valence-electron chi connectivity index (χ0n) is 13.5. The normalized spacial score (nSPS) is 13.6. The van der Waals surface area contributed by atoms with Crippen LogP contribution in [-0.4, -0.2) is 37.7 Å². The van der Waals surface area contributed by atoms with Crippen LogP contribution in [-0.2, 0) is 0 Å². The number of benzene rings is 1. The first kappa shape index (κ1) is 16.9. The molecule has 1 atom stereocenters. The fourth-order valence-electron chi connectivity index (χ4n) is 1.79. The van der Waals surface area contributed by atoms with E-state index in [4.69, 9.17) is 4.74 Å². The number of nitrogens with one attached hydrogen (secondary N) is 1. The van der Waals surface area contributed by atoms with E-state index in [0.717, 1.165) is 17.9 Å². The van der Waals surface area contributed by atoms with Crippen LogP contribution in [0.15, 0.2) is 18.2 Å². The molecule has 0 spiro atoms. The molecule has 0 saturated carbocycles. The summed E-state index contributed by atoms with van der Waals surface area (Å²) < 4.78 is 19.4. The number of hydrogen-bond acceptors (Lipinski definition) is 3. The summed E-state index contributed by atoms with van der Waals surface area (Å²) in [7, 11) is 4.05. The maximum Gasteiger partial charge on any atom is 0.124 e. The molecule has 1 rings (SSSR count). The zero-order valence-corrected chi connectivity index (χ0v) is 13.5. The lowest BCUT2D eigenvalue weighted by Gasteiger charge is -2.32. The van der Waals surface area contributed by atoms with Crippen molar-refractivity contribution in [1.82, 2.24) is 10.2 Å². The Morgan fingerprint density at radius 1 is 1.35 bits per heavy atom. The Kier molecular flexibility index (Phi) is 5.96. The molecule has 0 saturated heterocycles. The van der Waals surface area contributed by atoms with Crippen LogP contribution in [0, 0.1) is 5.82 Å². The Labute approximate surface area is 122 Å². The van der Waals surface area contributed by atoms with Crippen LogP contribution in [0.3, 0.4) is 0 Å². The highest BCUT2D eigenvalue weighted by Gasteiger charge is 2.22. The molecule has 0 aliphatic rings. The number of hydrogen-bond donors (Lipinski definition) is 1. The molecular weight excluding hydrogens is 255 g/mol.